The molecule has 0 aliphatic carbocycles. The van der Waals surface area contributed by atoms with Crippen LogP contribution in [-0.2, 0) is 18.6 Å². The maximum atomic E-state index is 6.54. The zero-order valence-electron chi connectivity index (χ0n) is 29.7. The molecule has 2 fully saturated rings. The van der Waals surface area contributed by atoms with Crippen LogP contribution in [0.1, 0.15) is 55.4 Å². The lowest BCUT2D eigenvalue weighted by Gasteiger charge is -2.32. The molecule has 6 aromatic rings. The molecule has 2 aliphatic rings. The normalized spacial score (nSPS) is 19.3. The van der Waals surface area contributed by atoms with Gasteiger partial charge in [-0.2, -0.15) is 0 Å². The van der Waals surface area contributed by atoms with Crippen molar-refractivity contribution in [2.75, 3.05) is 0 Å². The number of aromatic nitrogens is 1. The van der Waals surface area contributed by atoms with Crippen molar-refractivity contribution in [2.45, 2.75) is 77.8 Å². The lowest BCUT2D eigenvalue weighted by Crippen LogP contribution is -2.41. The van der Waals surface area contributed by atoms with Crippen molar-refractivity contribution in [1.29, 1.82) is 0 Å². The summed E-state index contributed by atoms with van der Waals surface area (Å²) in [7, 11) is -0.949. The van der Waals surface area contributed by atoms with Crippen molar-refractivity contribution >= 4 is 46.8 Å². The summed E-state index contributed by atoms with van der Waals surface area (Å²) in [6, 6.07) is 41.1. The van der Waals surface area contributed by atoms with Gasteiger partial charge in [0.25, 0.3) is 0 Å². The number of nitrogens with zero attached hydrogens (tertiary/aromatic N) is 1. The highest BCUT2D eigenvalue weighted by Gasteiger charge is 2.53. The summed E-state index contributed by atoms with van der Waals surface area (Å²) in [6.45, 7) is 16.8. The van der Waals surface area contributed by atoms with E-state index < -0.39 is 36.6 Å². The van der Waals surface area contributed by atoms with Crippen LogP contribution >= 0.6 is 0 Å². The van der Waals surface area contributed by atoms with Crippen molar-refractivity contribution in [3.05, 3.63) is 115 Å². The zero-order chi connectivity index (χ0) is 34.3. The maximum Gasteiger partial charge on any atom is 0.494 e. The van der Waals surface area contributed by atoms with E-state index in [0.29, 0.717) is 0 Å². The molecule has 246 valence electrons. The Morgan fingerprint density at radius 2 is 1.00 bits per heavy atom. The molecule has 0 atom stereocenters. The van der Waals surface area contributed by atoms with E-state index in [-0.39, 0.29) is 0 Å². The van der Waals surface area contributed by atoms with Crippen LogP contribution in [0.4, 0.5) is 0 Å². The fourth-order valence-electron chi connectivity index (χ4n) is 7.09. The smallest absolute Gasteiger partial charge is 0.399 e. The number of rotatable bonds is 5. The van der Waals surface area contributed by atoms with E-state index in [4.69, 9.17) is 18.6 Å². The second kappa shape index (κ2) is 11.2. The molecule has 0 saturated carbocycles. The molecule has 2 saturated heterocycles. The SMILES string of the molecule is CC1(C)OB(c2cccc(-c3c(-c4cccc(B5OC(C)(C)C(C)(C)O5)c4)n(-c4ccccc4)c4ccc5ccccc5c34)c2)OC1(C)C. The first kappa shape index (κ1) is 32.1. The van der Waals surface area contributed by atoms with Crippen LogP contribution in [0.25, 0.3) is 49.7 Å². The summed E-state index contributed by atoms with van der Waals surface area (Å²) >= 11 is 0. The maximum absolute atomic E-state index is 6.54. The van der Waals surface area contributed by atoms with E-state index in [9.17, 15) is 0 Å². The molecular formula is C42H43B2NO4. The molecule has 0 unspecified atom stereocenters. The first-order valence-corrected chi connectivity index (χ1v) is 17.3. The second-order valence-corrected chi connectivity index (χ2v) is 15.5. The van der Waals surface area contributed by atoms with Gasteiger partial charge in [0, 0.05) is 16.6 Å². The van der Waals surface area contributed by atoms with Gasteiger partial charge in [-0.3, -0.25) is 0 Å². The lowest BCUT2D eigenvalue weighted by atomic mass is 9.77. The molecule has 0 radical (unpaired) electrons. The Balaban J connectivity index is 1.41. The van der Waals surface area contributed by atoms with Gasteiger partial charge in [0.15, 0.2) is 0 Å². The first-order chi connectivity index (χ1) is 23.3. The van der Waals surface area contributed by atoms with E-state index in [1.165, 1.54) is 16.2 Å². The van der Waals surface area contributed by atoms with Crippen molar-refractivity contribution in [2.24, 2.45) is 0 Å². The van der Waals surface area contributed by atoms with Gasteiger partial charge in [0.05, 0.1) is 33.6 Å². The van der Waals surface area contributed by atoms with Crippen LogP contribution in [0.3, 0.4) is 0 Å². The third-order valence-electron chi connectivity index (χ3n) is 11.3. The standard InChI is InChI=1S/C42H43B2NO4/c1-39(2)40(3,4)47-43(46-39)31-19-14-17-29(26-31)36-37-34-23-13-12-16-28(34)24-25-35(37)45(33-21-10-9-11-22-33)38(36)30-18-15-20-32(27-30)44-48-41(5,6)42(7,8)49-44/h9-27H,1-8H3. The predicted molar refractivity (Wildman–Crippen MR) is 203 cm³/mol. The molecule has 2 aliphatic heterocycles. The minimum Gasteiger partial charge on any atom is -0.399 e. The van der Waals surface area contributed by atoms with Gasteiger partial charge < -0.3 is 23.2 Å². The van der Waals surface area contributed by atoms with Crippen LogP contribution in [-0.4, -0.2) is 41.2 Å². The molecule has 0 N–H and O–H groups in total. The topological polar surface area (TPSA) is 41.9 Å². The van der Waals surface area contributed by atoms with Crippen molar-refractivity contribution in [3.63, 3.8) is 0 Å². The van der Waals surface area contributed by atoms with Crippen molar-refractivity contribution in [1.82, 2.24) is 4.57 Å². The monoisotopic (exact) mass is 647 g/mol. The van der Waals surface area contributed by atoms with E-state index in [2.05, 4.69) is 175 Å². The van der Waals surface area contributed by atoms with Crippen LogP contribution in [0.2, 0.25) is 0 Å². The molecule has 0 spiro atoms. The number of fused-ring (bicyclic) bond motifs is 3. The van der Waals surface area contributed by atoms with Gasteiger partial charge in [-0.05, 0) is 106 Å². The fraction of sp³-hybridized carbons (Fsp3) is 0.286. The van der Waals surface area contributed by atoms with Crippen LogP contribution in [0, 0.1) is 0 Å². The summed E-state index contributed by atoms with van der Waals surface area (Å²) in [5, 5.41) is 3.60. The van der Waals surface area contributed by atoms with Crippen molar-refractivity contribution < 1.29 is 18.6 Å². The Bertz CT molecular complexity index is 2190. The molecule has 7 heteroatoms. The molecule has 49 heavy (non-hydrogen) atoms. The molecule has 5 aromatic carbocycles. The Kier molecular flexibility index (Phi) is 7.33. The third-order valence-corrected chi connectivity index (χ3v) is 11.3. The summed E-state index contributed by atoms with van der Waals surface area (Å²) in [6.07, 6.45) is 0. The predicted octanol–water partition coefficient (Wildman–Crippen LogP) is 8.72. The van der Waals surface area contributed by atoms with Gasteiger partial charge in [-0.15, -0.1) is 0 Å². The minimum absolute atomic E-state index is 0.438. The van der Waals surface area contributed by atoms with Gasteiger partial charge in [-0.1, -0.05) is 97.1 Å². The molecule has 3 heterocycles. The summed E-state index contributed by atoms with van der Waals surface area (Å²) < 4.78 is 28.6. The molecular weight excluding hydrogens is 604 g/mol. The zero-order valence-corrected chi connectivity index (χ0v) is 29.7. The molecule has 0 amide bonds. The highest BCUT2D eigenvalue weighted by Crippen LogP contribution is 2.46. The van der Waals surface area contributed by atoms with Crippen LogP contribution in [0.5, 0.6) is 0 Å². The fourth-order valence-corrected chi connectivity index (χ4v) is 7.09. The van der Waals surface area contributed by atoms with E-state index in [1.54, 1.807) is 0 Å². The Morgan fingerprint density at radius 1 is 0.490 bits per heavy atom. The van der Waals surface area contributed by atoms with E-state index in [1.807, 2.05) is 0 Å². The average Bonchev–Trinajstić information content (AvgIpc) is 3.63. The Morgan fingerprint density at radius 3 is 1.59 bits per heavy atom. The van der Waals surface area contributed by atoms with Crippen LogP contribution in [0.15, 0.2) is 115 Å². The number of benzene rings is 5. The molecule has 1 aromatic heterocycles. The number of hydrogen-bond donors (Lipinski definition) is 0. The Hall–Kier alpha value is -4.13. The minimum atomic E-state index is -0.476. The largest absolute Gasteiger partial charge is 0.494 e. The highest BCUT2D eigenvalue weighted by atomic mass is 16.7. The average molecular weight is 647 g/mol. The quantitative estimate of drug-likeness (QED) is 0.176. The highest BCUT2D eigenvalue weighted by molar-refractivity contribution is 6.62. The van der Waals surface area contributed by atoms with E-state index in [0.717, 1.165) is 44.5 Å². The second-order valence-electron chi connectivity index (χ2n) is 15.5. The van der Waals surface area contributed by atoms with Crippen LogP contribution < -0.4 is 10.9 Å². The van der Waals surface area contributed by atoms with Gasteiger partial charge in [-0.25, -0.2) is 0 Å². The van der Waals surface area contributed by atoms with Gasteiger partial charge >= 0.3 is 14.2 Å². The summed E-state index contributed by atoms with van der Waals surface area (Å²) in [4.78, 5) is 0. The molecule has 5 nitrogen and oxygen atoms in total. The summed E-state index contributed by atoms with van der Waals surface area (Å²) in [5.41, 5.74) is 6.88. The van der Waals surface area contributed by atoms with Gasteiger partial charge in [0.2, 0.25) is 0 Å². The number of para-hydroxylation sites is 1. The number of hydrogen-bond acceptors (Lipinski definition) is 4. The third kappa shape index (κ3) is 5.18. The Labute approximate surface area is 290 Å². The molecule has 0 bridgehead atoms. The molecule has 8 rings (SSSR count). The lowest BCUT2D eigenvalue weighted by molar-refractivity contribution is 0.00578. The first-order valence-electron chi connectivity index (χ1n) is 17.3. The van der Waals surface area contributed by atoms with Crippen molar-refractivity contribution in [3.8, 4) is 28.1 Å². The van der Waals surface area contributed by atoms with Gasteiger partial charge in [0.1, 0.15) is 0 Å². The van der Waals surface area contributed by atoms with E-state index >= 15 is 0 Å². The summed E-state index contributed by atoms with van der Waals surface area (Å²) in [5.74, 6) is 0.